The number of anilines is 1. The standard InChI is InChI=1S/C27H22F2N4O2/c1-3-17-7-9-18(10-8-17)24-23(26-31-25(32-35-26)19-5-4-6-21(29)15-19)16(2)33(27(34)30-24)22-13-11-20(28)12-14-22/h4-15,24H,3H2,1-2H3,(H,30,34). The summed E-state index contributed by atoms with van der Waals surface area (Å²) >= 11 is 0. The lowest BCUT2D eigenvalue weighted by Crippen LogP contribution is -2.46. The fourth-order valence-electron chi connectivity index (χ4n) is 4.19. The molecule has 4 aromatic rings. The minimum atomic E-state index is -0.564. The van der Waals surface area contributed by atoms with Crippen LogP contribution in [0.15, 0.2) is 83.0 Å². The number of amides is 2. The number of urea groups is 1. The summed E-state index contributed by atoms with van der Waals surface area (Å²) in [5.41, 5.74) is 4.11. The first-order valence-electron chi connectivity index (χ1n) is 11.2. The van der Waals surface area contributed by atoms with Crippen molar-refractivity contribution < 1.29 is 18.1 Å². The van der Waals surface area contributed by atoms with Crippen molar-refractivity contribution in [1.29, 1.82) is 0 Å². The SMILES string of the molecule is CCc1ccc(C2NC(=O)N(c3ccc(F)cc3)C(C)=C2c2nc(-c3cccc(F)c3)no2)cc1. The van der Waals surface area contributed by atoms with Gasteiger partial charge in [-0.1, -0.05) is 48.5 Å². The fraction of sp³-hybridized carbons (Fsp3) is 0.148. The van der Waals surface area contributed by atoms with Crippen molar-refractivity contribution in [3.8, 4) is 11.4 Å². The molecule has 176 valence electrons. The molecular weight excluding hydrogens is 450 g/mol. The summed E-state index contributed by atoms with van der Waals surface area (Å²) in [5, 5.41) is 7.07. The van der Waals surface area contributed by atoms with Crippen LogP contribution in [0.3, 0.4) is 0 Å². The molecule has 0 spiro atoms. The Bertz CT molecular complexity index is 1410. The van der Waals surface area contributed by atoms with E-state index >= 15 is 0 Å². The van der Waals surface area contributed by atoms with E-state index in [1.807, 2.05) is 24.3 Å². The molecule has 1 aliphatic heterocycles. The first-order chi connectivity index (χ1) is 16.9. The molecule has 1 N–H and O–H groups in total. The van der Waals surface area contributed by atoms with Crippen LogP contribution < -0.4 is 10.2 Å². The van der Waals surface area contributed by atoms with Crippen LogP contribution in [0.1, 0.15) is 36.9 Å². The van der Waals surface area contributed by atoms with Gasteiger partial charge in [-0.2, -0.15) is 4.98 Å². The Morgan fingerprint density at radius 3 is 2.43 bits per heavy atom. The fourth-order valence-corrected chi connectivity index (χ4v) is 4.19. The highest BCUT2D eigenvalue weighted by molar-refractivity contribution is 6.01. The predicted molar refractivity (Wildman–Crippen MR) is 128 cm³/mol. The first kappa shape index (κ1) is 22.5. The second-order valence-corrected chi connectivity index (χ2v) is 8.22. The van der Waals surface area contributed by atoms with E-state index in [-0.39, 0.29) is 17.7 Å². The average Bonchev–Trinajstić information content (AvgIpc) is 3.35. The van der Waals surface area contributed by atoms with Gasteiger partial charge in [0.15, 0.2) is 0 Å². The highest BCUT2D eigenvalue weighted by atomic mass is 19.1. The zero-order valence-electron chi connectivity index (χ0n) is 19.1. The summed E-state index contributed by atoms with van der Waals surface area (Å²) in [6.07, 6.45) is 0.887. The number of halogens is 2. The quantitative estimate of drug-likeness (QED) is 0.371. The van der Waals surface area contributed by atoms with E-state index in [9.17, 15) is 13.6 Å². The topological polar surface area (TPSA) is 71.3 Å². The third-order valence-corrected chi connectivity index (χ3v) is 6.03. The maximum Gasteiger partial charge on any atom is 0.326 e. The Labute approximate surface area is 200 Å². The van der Waals surface area contributed by atoms with Crippen LogP contribution in [0.2, 0.25) is 0 Å². The monoisotopic (exact) mass is 472 g/mol. The van der Waals surface area contributed by atoms with Gasteiger partial charge in [0.25, 0.3) is 5.89 Å². The Morgan fingerprint density at radius 1 is 1.00 bits per heavy atom. The number of hydrogen-bond acceptors (Lipinski definition) is 4. The van der Waals surface area contributed by atoms with E-state index < -0.39 is 17.7 Å². The van der Waals surface area contributed by atoms with Gasteiger partial charge in [0.05, 0.1) is 17.3 Å². The number of carbonyl (C=O) groups is 1. The lowest BCUT2D eigenvalue weighted by Gasteiger charge is -2.35. The summed E-state index contributed by atoms with van der Waals surface area (Å²) < 4.78 is 32.9. The van der Waals surface area contributed by atoms with Crippen molar-refractivity contribution in [2.45, 2.75) is 26.3 Å². The molecule has 0 saturated heterocycles. The molecule has 5 rings (SSSR count). The van der Waals surface area contributed by atoms with E-state index in [2.05, 4.69) is 22.4 Å². The van der Waals surface area contributed by atoms with Gasteiger partial charge in [-0.3, -0.25) is 4.90 Å². The lowest BCUT2D eigenvalue weighted by molar-refractivity contribution is 0.244. The minimum absolute atomic E-state index is 0.193. The number of aromatic nitrogens is 2. The first-order valence-corrected chi connectivity index (χ1v) is 11.2. The summed E-state index contributed by atoms with van der Waals surface area (Å²) in [7, 11) is 0. The number of allylic oxidation sites excluding steroid dienone is 1. The largest absolute Gasteiger partial charge is 0.334 e. The number of carbonyl (C=O) groups excluding carboxylic acids is 1. The molecule has 0 aliphatic carbocycles. The van der Waals surface area contributed by atoms with Crippen LogP contribution in [-0.4, -0.2) is 16.2 Å². The molecule has 0 radical (unpaired) electrons. The van der Waals surface area contributed by atoms with Crippen LogP contribution in [-0.2, 0) is 6.42 Å². The minimum Gasteiger partial charge on any atom is -0.334 e. The number of nitrogens with one attached hydrogen (secondary N) is 1. The maximum atomic E-state index is 13.8. The number of benzene rings is 3. The van der Waals surface area contributed by atoms with Crippen LogP contribution in [0.25, 0.3) is 17.0 Å². The van der Waals surface area contributed by atoms with E-state index in [1.54, 1.807) is 19.1 Å². The summed E-state index contributed by atoms with van der Waals surface area (Å²) in [6.45, 7) is 3.84. The van der Waals surface area contributed by atoms with Gasteiger partial charge in [0.2, 0.25) is 5.82 Å². The third kappa shape index (κ3) is 4.30. The Balaban J connectivity index is 1.64. The maximum absolute atomic E-state index is 13.8. The Morgan fingerprint density at radius 2 is 1.74 bits per heavy atom. The van der Waals surface area contributed by atoms with Crippen molar-refractivity contribution >= 4 is 17.3 Å². The van der Waals surface area contributed by atoms with Gasteiger partial charge < -0.3 is 9.84 Å². The molecular formula is C27H22F2N4O2. The molecule has 3 aromatic carbocycles. The van der Waals surface area contributed by atoms with Gasteiger partial charge in [0, 0.05) is 11.3 Å². The van der Waals surface area contributed by atoms with Gasteiger partial charge in [-0.15, -0.1) is 0 Å². The Hall–Kier alpha value is -4.33. The number of hydrogen-bond donors (Lipinski definition) is 1. The smallest absolute Gasteiger partial charge is 0.326 e. The third-order valence-electron chi connectivity index (χ3n) is 6.03. The van der Waals surface area contributed by atoms with Crippen LogP contribution in [0.4, 0.5) is 19.3 Å². The molecule has 0 bridgehead atoms. The van der Waals surface area contributed by atoms with Crippen molar-refractivity contribution in [2.24, 2.45) is 0 Å². The second kappa shape index (κ2) is 9.13. The zero-order valence-corrected chi connectivity index (χ0v) is 19.1. The summed E-state index contributed by atoms with van der Waals surface area (Å²) in [6, 6.07) is 18.5. The van der Waals surface area contributed by atoms with E-state index in [0.717, 1.165) is 17.5 Å². The Kier molecular flexibility index (Phi) is 5.86. The molecule has 1 atom stereocenters. The molecule has 2 heterocycles. The number of aryl methyl sites for hydroxylation is 1. The van der Waals surface area contributed by atoms with E-state index in [0.29, 0.717) is 22.5 Å². The highest BCUT2D eigenvalue weighted by Gasteiger charge is 2.36. The lowest BCUT2D eigenvalue weighted by atomic mass is 9.93. The number of nitrogens with zero attached hydrogens (tertiary/aromatic N) is 3. The van der Waals surface area contributed by atoms with Crippen molar-refractivity contribution in [1.82, 2.24) is 15.5 Å². The molecule has 1 aliphatic rings. The van der Waals surface area contributed by atoms with E-state index in [4.69, 9.17) is 4.52 Å². The number of rotatable bonds is 5. The van der Waals surface area contributed by atoms with Crippen molar-refractivity contribution in [2.75, 3.05) is 4.90 Å². The molecule has 8 heteroatoms. The van der Waals surface area contributed by atoms with Crippen molar-refractivity contribution in [3.05, 3.63) is 107 Å². The normalized spacial score (nSPS) is 15.9. The highest BCUT2D eigenvalue weighted by Crippen LogP contribution is 2.39. The van der Waals surface area contributed by atoms with Crippen LogP contribution >= 0.6 is 0 Å². The average molecular weight is 472 g/mol. The molecule has 35 heavy (non-hydrogen) atoms. The molecule has 1 aromatic heterocycles. The molecule has 0 saturated carbocycles. The van der Waals surface area contributed by atoms with Gasteiger partial charge >= 0.3 is 6.03 Å². The zero-order chi connectivity index (χ0) is 24.5. The summed E-state index contributed by atoms with van der Waals surface area (Å²) in [4.78, 5) is 19.2. The predicted octanol–water partition coefficient (Wildman–Crippen LogP) is 6.28. The molecule has 2 amide bonds. The van der Waals surface area contributed by atoms with Gasteiger partial charge in [0.1, 0.15) is 11.6 Å². The van der Waals surface area contributed by atoms with Gasteiger partial charge in [-0.05, 0) is 60.9 Å². The van der Waals surface area contributed by atoms with E-state index in [1.165, 1.54) is 41.3 Å². The second-order valence-electron chi connectivity index (χ2n) is 8.22. The summed E-state index contributed by atoms with van der Waals surface area (Å²) in [5.74, 6) is -0.396. The van der Waals surface area contributed by atoms with Crippen molar-refractivity contribution in [3.63, 3.8) is 0 Å². The molecule has 1 unspecified atom stereocenters. The van der Waals surface area contributed by atoms with Gasteiger partial charge in [-0.25, -0.2) is 13.6 Å². The molecule has 0 fully saturated rings. The molecule has 6 nitrogen and oxygen atoms in total. The van der Waals surface area contributed by atoms with Crippen LogP contribution in [0, 0.1) is 11.6 Å². The van der Waals surface area contributed by atoms with Crippen LogP contribution in [0.5, 0.6) is 0 Å².